The predicted molar refractivity (Wildman–Crippen MR) is 92.9 cm³/mol. The molecule has 0 bridgehead atoms. The maximum Gasteiger partial charge on any atom is 0.269 e. The monoisotopic (exact) mass is 342 g/mol. The third-order valence-corrected chi connectivity index (χ3v) is 3.47. The van der Waals surface area contributed by atoms with Crippen LogP contribution < -0.4 is 16.4 Å². The topological polar surface area (TPSA) is 127 Å². The lowest BCUT2D eigenvalue weighted by Crippen LogP contribution is -2.47. The van der Waals surface area contributed by atoms with Crippen molar-refractivity contribution in [3.05, 3.63) is 70.3 Å². The fourth-order valence-corrected chi connectivity index (χ4v) is 2.21. The highest BCUT2D eigenvalue weighted by molar-refractivity contribution is 5.97. The number of hydrogen-bond donors (Lipinski definition) is 3. The van der Waals surface area contributed by atoms with Crippen molar-refractivity contribution in [2.75, 3.05) is 11.9 Å². The zero-order valence-electron chi connectivity index (χ0n) is 13.3. The fourth-order valence-electron chi connectivity index (χ4n) is 2.21. The Bertz CT molecular complexity index is 747. The van der Waals surface area contributed by atoms with E-state index in [1.54, 1.807) is 0 Å². The van der Waals surface area contributed by atoms with E-state index in [1.807, 2.05) is 30.3 Å². The lowest BCUT2D eigenvalue weighted by Gasteiger charge is -2.18. The number of non-ortho nitro benzene ring substituents is 1. The van der Waals surface area contributed by atoms with Gasteiger partial charge in [-0.2, -0.15) is 0 Å². The average molecular weight is 342 g/mol. The largest absolute Gasteiger partial charge is 0.343 e. The van der Waals surface area contributed by atoms with Crippen LogP contribution in [0.4, 0.5) is 11.4 Å². The van der Waals surface area contributed by atoms with E-state index >= 15 is 0 Å². The van der Waals surface area contributed by atoms with Gasteiger partial charge >= 0.3 is 0 Å². The molecule has 0 aliphatic rings. The Morgan fingerprint density at radius 2 is 1.72 bits per heavy atom. The lowest BCUT2D eigenvalue weighted by molar-refractivity contribution is -0.384. The van der Waals surface area contributed by atoms with E-state index in [0.29, 0.717) is 12.1 Å². The second-order valence-electron chi connectivity index (χ2n) is 5.31. The number of hydrogen-bond acceptors (Lipinski definition) is 5. The first kappa shape index (κ1) is 18.1. The zero-order valence-corrected chi connectivity index (χ0v) is 13.3. The van der Waals surface area contributed by atoms with E-state index in [2.05, 4.69) is 10.6 Å². The van der Waals surface area contributed by atoms with Crippen molar-refractivity contribution in [1.29, 1.82) is 0 Å². The number of nitro groups is 1. The molecule has 2 aromatic rings. The molecule has 0 fully saturated rings. The molecular formula is C17H18N4O4. The number of carbonyl (C=O) groups is 2. The molecular weight excluding hydrogens is 324 g/mol. The van der Waals surface area contributed by atoms with Crippen LogP contribution in [-0.2, 0) is 16.0 Å². The van der Waals surface area contributed by atoms with Gasteiger partial charge in [-0.05, 0) is 17.7 Å². The number of nitro benzene ring substituents is 1. The summed E-state index contributed by atoms with van der Waals surface area (Å²) in [6.45, 7) is -0.226. The molecule has 0 unspecified atom stereocenters. The molecule has 0 heterocycles. The molecule has 25 heavy (non-hydrogen) atoms. The van der Waals surface area contributed by atoms with Gasteiger partial charge < -0.3 is 16.4 Å². The van der Waals surface area contributed by atoms with Crippen LogP contribution in [0.25, 0.3) is 0 Å². The first-order valence-corrected chi connectivity index (χ1v) is 7.58. The molecule has 1 atom stereocenters. The van der Waals surface area contributed by atoms with Gasteiger partial charge in [-0.25, -0.2) is 0 Å². The fraction of sp³-hybridized carbons (Fsp3) is 0.176. The Morgan fingerprint density at radius 1 is 1.08 bits per heavy atom. The van der Waals surface area contributed by atoms with E-state index in [1.165, 1.54) is 24.3 Å². The second kappa shape index (κ2) is 8.55. The summed E-state index contributed by atoms with van der Waals surface area (Å²) in [5.41, 5.74) is 6.51. The lowest BCUT2D eigenvalue weighted by atomic mass is 10.0. The highest BCUT2D eigenvalue weighted by Gasteiger charge is 2.21. The molecule has 2 amide bonds. The molecule has 0 aromatic heterocycles. The van der Waals surface area contributed by atoms with E-state index in [9.17, 15) is 19.7 Å². The third-order valence-electron chi connectivity index (χ3n) is 3.47. The van der Waals surface area contributed by atoms with Crippen molar-refractivity contribution in [2.24, 2.45) is 5.73 Å². The smallest absolute Gasteiger partial charge is 0.269 e. The van der Waals surface area contributed by atoms with Gasteiger partial charge in [0.1, 0.15) is 6.04 Å². The van der Waals surface area contributed by atoms with Crippen molar-refractivity contribution < 1.29 is 14.5 Å². The highest BCUT2D eigenvalue weighted by Crippen LogP contribution is 2.16. The normalized spacial score (nSPS) is 11.4. The SMILES string of the molecule is NCC(=O)N[C@@H](Cc1ccccc1)C(=O)Nc1ccc([N+](=O)[O-])cc1. The van der Waals surface area contributed by atoms with Gasteiger partial charge in [-0.1, -0.05) is 30.3 Å². The number of rotatable bonds is 7. The molecule has 130 valence electrons. The maximum absolute atomic E-state index is 12.5. The number of carbonyl (C=O) groups excluding carboxylic acids is 2. The number of nitrogens with two attached hydrogens (primary N) is 1. The predicted octanol–water partition coefficient (Wildman–Crippen LogP) is 1.22. The summed E-state index contributed by atoms with van der Waals surface area (Å²) in [7, 11) is 0. The van der Waals surface area contributed by atoms with Crippen LogP contribution in [0, 0.1) is 10.1 Å². The van der Waals surface area contributed by atoms with E-state index in [4.69, 9.17) is 5.73 Å². The van der Waals surface area contributed by atoms with Crippen LogP contribution >= 0.6 is 0 Å². The number of amides is 2. The van der Waals surface area contributed by atoms with Crippen LogP contribution in [0.15, 0.2) is 54.6 Å². The number of benzene rings is 2. The number of anilines is 1. The van der Waals surface area contributed by atoms with Gasteiger partial charge in [-0.3, -0.25) is 19.7 Å². The Morgan fingerprint density at radius 3 is 2.28 bits per heavy atom. The molecule has 0 radical (unpaired) electrons. The minimum Gasteiger partial charge on any atom is -0.343 e. The number of nitrogens with zero attached hydrogens (tertiary/aromatic N) is 1. The molecule has 0 aliphatic heterocycles. The quantitative estimate of drug-likeness (QED) is 0.515. The molecule has 4 N–H and O–H groups in total. The Labute approximate surface area is 144 Å². The summed E-state index contributed by atoms with van der Waals surface area (Å²) in [5.74, 6) is -0.876. The van der Waals surface area contributed by atoms with E-state index in [0.717, 1.165) is 5.56 Å². The summed E-state index contributed by atoms with van der Waals surface area (Å²) >= 11 is 0. The van der Waals surface area contributed by atoms with Crippen LogP contribution in [0.2, 0.25) is 0 Å². The minimum atomic E-state index is -0.811. The molecule has 0 spiro atoms. The van der Waals surface area contributed by atoms with Gasteiger partial charge in [-0.15, -0.1) is 0 Å². The van der Waals surface area contributed by atoms with Gasteiger partial charge in [0.2, 0.25) is 11.8 Å². The van der Waals surface area contributed by atoms with Crippen molar-refractivity contribution in [2.45, 2.75) is 12.5 Å². The van der Waals surface area contributed by atoms with E-state index < -0.39 is 22.8 Å². The number of nitrogens with one attached hydrogen (secondary N) is 2. The van der Waals surface area contributed by atoms with Crippen molar-refractivity contribution in [3.8, 4) is 0 Å². The minimum absolute atomic E-state index is 0.0738. The van der Waals surface area contributed by atoms with Crippen LogP contribution in [0.3, 0.4) is 0 Å². The van der Waals surface area contributed by atoms with Crippen LogP contribution in [0.1, 0.15) is 5.56 Å². The molecule has 2 aromatic carbocycles. The summed E-state index contributed by atoms with van der Waals surface area (Å²) in [4.78, 5) is 34.2. The second-order valence-corrected chi connectivity index (χ2v) is 5.31. The van der Waals surface area contributed by atoms with Gasteiger partial charge in [0.15, 0.2) is 0 Å². The third kappa shape index (κ3) is 5.40. The van der Waals surface area contributed by atoms with Crippen molar-refractivity contribution in [3.63, 3.8) is 0 Å². The van der Waals surface area contributed by atoms with Crippen LogP contribution in [-0.4, -0.2) is 29.3 Å². The molecule has 8 heteroatoms. The first-order chi connectivity index (χ1) is 12.0. The molecule has 8 nitrogen and oxygen atoms in total. The van der Waals surface area contributed by atoms with Gasteiger partial charge in [0, 0.05) is 24.2 Å². The first-order valence-electron chi connectivity index (χ1n) is 7.58. The van der Waals surface area contributed by atoms with Crippen molar-refractivity contribution >= 4 is 23.2 Å². The average Bonchev–Trinajstić information content (AvgIpc) is 2.62. The zero-order chi connectivity index (χ0) is 18.2. The highest BCUT2D eigenvalue weighted by atomic mass is 16.6. The molecule has 0 aliphatic carbocycles. The Balaban J connectivity index is 2.10. The Hall–Kier alpha value is -3.26. The maximum atomic E-state index is 12.5. The van der Waals surface area contributed by atoms with Crippen LogP contribution in [0.5, 0.6) is 0 Å². The summed E-state index contributed by atoms with van der Waals surface area (Å²) in [5, 5.41) is 15.9. The van der Waals surface area contributed by atoms with Crippen molar-refractivity contribution in [1.82, 2.24) is 5.32 Å². The van der Waals surface area contributed by atoms with Gasteiger partial charge in [0.25, 0.3) is 5.69 Å². The molecule has 2 rings (SSSR count). The summed E-state index contributed by atoms with van der Waals surface area (Å²) < 4.78 is 0. The van der Waals surface area contributed by atoms with E-state index in [-0.39, 0.29) is 12.2 Å². The summed E-state index contributed by atoms with van der Waals surface area (Å²) in [6.07, 6.45) is 0.297. The van der Waals surface area contributed by atoms with Gasteiger partial charge in [0.05, 0.1) is 11.5 Å². The molecule has 0 saturated heterocycles. The molecule has 0 saturated carbocycles. The Kier molecular flexibility index (Phi) is 6.19. The summed E-state index contributed by atoms with van der Waals surface area (Å²) in [6, 6.07) is 13.9. The standard InChI is InChI=1S/C17H18N4O4/c18-11-16(22)20-15(10-12-4-2-1-3-5-12)17(23)19-13-6-8-14(9-7-13)21(24)25/h1-9,15H,10-11,18H2,(H,19,23)(H,20,22)/t15-/m0/s1.